The van der Waals surface area contributed by atoms with Crippen LogP contribution in [-0.2, 0) is 16.0 Å². The van der Waals surface area contributed by atoms with Crippen molar-refractivity contribution in [2.45, 2.75) is 117 Å². The predicted molar refractivity (Wildman–Crippen MR) is 163 cm³/mol. The lowest BCUT2D eigenvalue weighted by atomic mass is 9.91. The number of benzene rings is 1. The Bertz CT molecular complexity index is 1170. The maximum absolute atomic E-state index is 14.4. The van der Waals surface area contributed by atoms with Crippen molar-refractivity contribution in [1.82, 2.24) is 15.6 Å². The zero-order valence-electron chi connectivity index (χ0n) is 26.0. The van der Waals surface area contributed by atoms with Crippen LogP contribution in [0, 0.1) is 0 Å². The molecule has 0 saturated carbocycles. The van der Waals surface area contributed by atoms with Gasteiger partial charge in [-0.2, -0.15) is 0 Å². The smallest absolute Gasteiger partial charge is 0.408 e. The molecule has 1 aromatic heterocycles. The summed E-state index contributed by atoms with van der Waals surface area (Å²) < 4.78 is 11.2. The molecule has 0 radical (unpaired) electrons. The van der Waals surface area contributed by atoms with E-state index in [1.54, 1.807) is 41.5 Å². The molecular formula is C32H50N4O5. The summed E-state index contributed by atoms with van der Waals surface area (Å²) in [5.41, 5.74) is 5.54. The molecule has 1 amide bonds. The molecule has 0 saturated heterocycles. The largest absolute Gasteiger partial charge is 0.455 e. The van der Waals surface area contributed by atoms with E-state index >= 15 is 0 Å². The molecule has 0 aliphatic heterocycles. The molecule has 0 fully saturated rings. The molecule has 2 rings (SSSR count). The fourth-order valence-electron chi connectivity index (χ4n) is 4.48. The van der Waals surface area contributed by atoms with Crippen molar-refractivity contribution in [2.24, 2.45) is 5.73 Å². The molecule has 1 heterocycles. The average Bonchev–Trinajstić information content (AvgIpc) is 2.87. The second-order valence-corrected chi connectivity index (χ2v) is 12.4. The van der Waals surface area contributed by atoms with E-state index in [1.807, 2.05) is 24.3 Å². The maximum Gasteiger partial charge on any atom is 0.408 e. The summed E-state index contributed by atoms with van der Waals surface area (Å²) in [6, 6.07) is 6.51. The van der Waals surface area contributed by atoms with E-state index in [0.29, 0.717) is 43.4 Å². The Labute approximate surface area is 245 Å². The van der Waals surface area contributed by atoms with E-state index in [9.17, 15) is 14.4 Å². The first-order valence-corrected chi connectivity index (χ1v) is 14.9. The quantitative estimate of drug-likeness (QED) is 0.134. The van der Waals surface area contributed by atoms with Gasteiger partial charge in [0.1, 0.15) is 11.2 Å². The predicted octanol–water partition coefficient (Wildman–Crippen LogP) is 6.07. The number of rotatable bonds is 15. The third-order valence-electron chi connectivity index (χ3n) is 6.30. The SMILES string of the molecule is CCCCCCNCc1c(C(=O)[C@H](CCCCN)NC(=O)OC(C)(C)C)c(C(=O)OC(C)(C)C)nc2ccccc12. The van der Waals surface area contributed by atoms with E-state index < -0.39 is 35.1 Å². The van der Waals surface area contributed by atoms with Crippen LogP contribution in [-0.4, -0.2) is 53.2 Å². The lowest BCUT2D eigenvalue weighted by Gasteiger charge is -2.25. The molecule has 0 aliphatic carbocycles. The monoisotopic (exact) mass is 570 g/mol. The Morgan fingerprint density at radius 2 is 1.61 bits per heavy atom. The van der Waals surface area contributed by atoms with Gasteiger partial charge >= 0.3 is 12.1 Å². The summed E-state index contributed by atoms with van der Waals surface area (Å²) in [5.74, 6) is -1.09. The Kier molecular flexibility index (Phi) is 13.2. The molecule has 1 atom stereocenters. The van der Waals surface area contributed by atoms with Crippen molar-refractivity contribution in [3.05, 3.63) is 41.1 Å². The number of hydrogen-bond acceptors (Lipinski definition) is 8. The van der Waals surface area contributed by atoms with Gasteiger partial charge in [0.15, 0.2) is 11.5 Å². The highest BCUT2D eigenvalue weighted by molar-refractivity contribution is 6.12. The fourth-order valence-corrected chi connectivity index (χ4v) is 4.48. The lowest BCUT2D eigenvalue weighted by Crippen LogP contribution is -2.44. The van der Waals surface area contributed by atoms with Gasteiger partial charge < -0.3 is 25.8 Å². The Morgan fingerprint density at radius 1 is 0.927 bits per heavy atom. The number of hydrogen-bond donors (Lipinski definition) is 3. The Morgan fingerprint density at radius 3 is 2.24 bits per heavy atom. The van der Waals surface area contributed by atoms with Crippen LogP contribution >= 0.6 is 0 Å². The number of Topliss-reactive ketones (excluding diaryl/α,β-unsaturated/α-hetero) is 1. The molecule has 2 aromatic rings. The number of nitrogens with two attached hydrogens (primary N) is 1. The maximum atomic E-state index is 14.4. The summed E-state index contributed by atoms with van der Waals surface area (Å²) in [6.45, 7) is 14.3. The summed E-state index contributed by atoms with van der Waals surface area (Å²) in [7, 11) is 0. The highest BCUT2D eigenvalue weighted by Gasteiger charge is 2.33. The third-order valence-corrected chi connectivity index (χ3v) is 6.30. The number of nitrogens with zero attached hydrogens (tertiary/aromatic N) is 1. The van der Waals surface area contributed by atoms with Gasteiger partial charge in [-0.3, -0.25) is 4.79 Å². The van der Waals surface area contributed by atoms with Crippen molar-refractivity contribution in [3.63, 3.8) is 0 Å². The number of amides is 1. The van der Waals surface area contributed by atoms with E-state index in [1.165, 1.54) is 0 Å². The van der Waals surface area contributed by atoms with Gasteiger partial charge in [-0.05, 0) is 91.9 Å². The van der Waals surface area contributed by atoms with Crippen LogP contribution in [0.25, 0.3) is 10.9 Å². The molecule has 9 nitrogen and oxygen atoms in total. The van der Waals surface area contributed by atoms with Crippen LogP contribution in [0.15, 0.2) is 24.3 Å². The molecule has 0 unspecified atom stereocenters. The first-order valence-electron chi connectivity index (χ1n) is 14.9. The van der Waals surface area contributed by atoms with Crippen molar-refractivity contribution in [1.29, 1.82) is 0 Å². The fraction of sp³-hybridized carbons (Fsp3) is 0.625. The second-order valence-electron chi connectivity index (χ2n) is 12.4. The first-order chi connectivity index (χ1) is 19.3. The van der Waals surface area contributed by atoms with Gasteiger partial charge in [-0.15, -0.1) is 0 Å². The Hall–Kier alpha value is -3.04. The van der Waals surface area contributed by atoms with E-state index in [0.717, 1.165) is 37.6 Å². The number of esters is 1. The average molecular weight is 571 g/mol. The molecule has 4 N–H and O–H groups in total. The molecule has 1 aromatic carbocycles. The van der Waals surface area contributed by atoms with E-state index in [4.69, 9.17) is 15.2 Å². The molecule has 41 heavy (non-hydrogen) atoms. The Balaban J connectivity index is 2.64. The standard InChI is InChI=1S/C32H50N4O5/c1-8-9-10-15-20-34-21-23-22-16-11-12-17-24(22)35-27(29(38)40-31(2,3)4)26(23)28(37)25(18-13-14-19-33)36-30(39)41-32(5,6)7/h11-12,16-17,25,34H,8-10,13-15,18-21,33H2,1-7H3,(H,36,39)/t25-/m0/s1. The molecule has 0 aliphatic rings. The van der Waals surface area contributed by atoms with Crippen LogP contribution < -0.4 is 16.4 Å². The topological polar surface area (TPSA) is 133 Å². The van der Waals surface area contributed by atoms with E-state index in [-0.39, 0.29) is 11.3 Å². The minimum Gasteiger partial charge on any atom is -0.455 e. The van der Waals surface area contributed by atoms with E-state index in [2.05, 4.69) is 22.5 Å². The number of alkyl carbamates (subject to hydrolysis) is 1. The van der Waals surface area contributed by atoms with Crippen molar-refractivity contribution in [2.75, 3.05) is 13.1 Å². The van der Waals surface area contributed by atoms with Gasteiger partial charge in [0.2, 0.25) is 0 Å². The minimum atomic E-state index is -0.941. The summed E-state index contributed by atoms with van der Waals surface area (Å²) >= 11 is 0. The van der Waals surface area contributed by atoms with Crippen molar-refractivity contribution in [3.8, 4) is 0 Å². The molecule has 228 valence electrons. The number of nitrogens with one attached hydrogen (secondary N) is 2. The summed E-state index contributed by atoms with van der Waals surface area (Å²) in [6.07, 6.45) is 5.33. The van der Waals surface area contributed by atoms with Gasteiger partial charge in [0, 0.05) is 11.9 Å². The number of fused-ring (bicyclic) bond motifs is 1. The number of carbonyl (C=O) groups excluding carboxylic acids is 3. The zero-order valence-corrected chi connectivity index (χ0v) is 26.0. The van der Waals surface area contributed by atoms with Gasteiger partial charge in [0.25, 0.3) is 0 Å². The van der Waals surface area contributed by atoms with Crippen molar-refractivity contribution < 1.29 is 23.9 Å². The highest BCUT2D eigenvalue weighted by atomic mass is 16.6. The van der Waals surface area contributed by atoms with Gasteiger partial charge in [0.05, 0.1) is 17.1 Å². The van der Waals surface area contributed by atoms with Crippen LogP contribution in [0.3, 0.4) is 0 Å². The number of carbonyl (C=O) groups is 3. The van der Waals surface area contributed by atoms with Gasteiger partial charge in [-0.1, -0.05) is 44.4 Å². The lowest BCUT2D eigenvalue weighted by molar-refractivity contribution is 0.00610. The molecule has 0 bridgehead atoms. The third kappa shape index (κ3) is 11.4. The number of aromatic nitrogens is 1. The normalized spacial score (nSPS) is 12.7. The minimum absolute atomic E-state index is 0.0544. The number of unbranched alkanes of at least 4 members (excludes halogenated alkanes) is 4. The number of ether oxygens (including phenoxy) is 2. The molecular weight excluding hydrogens is 520 g/mol. The highest BCUT2D eigenvalue weighted by Crippen LogP contribution is 2.28. The van der Waals surface area contributed by atoms with Gasteiger partial charge in [-0.25, -0.2) is 14.6 Å². The number of pyridine rings is 1. The van der Waals surface area contributed by atoms with Crippen LogP contribution in [0.1, 0.15) is 120 Å². The molecule has 9 heteroatoms. The number of para-hydroxylation sites is 1. The van der Waals surface area contributed by atoms with Crippen LogP contribution in [0.4, 0.5) is 4.79 Å². The zero-order chi connectivity index (χ0) is 30.6. The van der Waals surface area contributed by atoms with Crippen LogP contribution in [0.5, 0.6) is 0 Å². The summed E-state index contributed by atoms with van der Waals surface area (Å²) in [5, 5.41) is 6.99. The second kappa shape index (κ2) is 15.8. The number of ketones is 1. The van der Waals surface area contributed by atoms with Crippen molar-refractivity contribution >= 4 is 28.7 Å². The first kappa shape index (κ1) is 34.2. The van der Waals surface area contributed by atoms with Crippen LogP contribution in [0.2, 0.25) is 0 Å². The molecule has 0 spiro atoms. The summed E-state index contributed by atoms with van der Waals surface area (Å²) in [4.78, 5) is 45.4.